The minimum atomic E-state index is -1.08. The summed E-state index contributed by atoms with van der Waals surface area (Å²) in [5, 5.41) is 11.1. The average Bonchev–Trinajstić information content (AvgIpc) is 2.72. The Kier molecular flexibility index (Phi) is 7.45. The summed E-state index contributed by atoms with van der Waals surface area (Å²) < 4.78 is 5.42. The van der Waals surface area contributed by atoms with E-state index in [0.717, 1.165) is 6.08 Å². The van der Waals surface area contributed by atoms with Gasteiger partial charge in [0.2, 0.25) is 6.10 Å². The lowest BCUT2D eigenvalue weighted by molar-refractivity contribution is -0.385. The molecule has 2 rings (SSSR count). The lowest BCUT2D eigenvalue weighted by Gasteiger charge is -2.25. The molecule has 0 fully saturated rings. The third-order valence-electron chi connectivity index (χ3n) is 4.17. The first-order valence-electron chi connectivity index (χ1n) is 8.93. The van der Waals surface area contributed by atoms with Crippen LogP contribution in [0.25, 0.3) is 6.08 Å². The molecule has 0 aliphatic heterocycles. The topological polar surface area (TPSA) is 89.8 Å². The first-order valence-corrected chi connectivity index (χ1v) is 8.93. The number of ether oxygens (including phenoxy) is 1. The van der Waals surface area contributed by atoms with E-state index in [1.165, 1.54) is 18.2 Å². The minimum Gasteiger partial charge on any atom is -0.444 e. The molecule has 0 N–H and O–H groups in total. The molecule has 2 aromatic rings. The van der Waals surface area contributed by atoms with Crippen molar-refractivity contribution >= 4 is 23.6 Å². The van der Waals surface area contributed by atoms with Gasteiger partial charge in [-0.25, -0.2) is 4.79 Å². The SMILES string of the molecule is CCN(CC)C(=O)[C@H](OC(=O)/C=C/c1ccccc1[N+](=O)[O-])c1ccccc1. The molecule has 7 nitrogen and oxygen atoms in total. The second-order valence-electron chi connectivity index (χ2n) is 5.89. The van der Waals surface area contributed by atoms with Crippen LogP contribution in [-0.4, -0.2) is 34.8 Å². The molecule has 0 aliphatic rings. The standard InChI is InChI=1S/C21H22N2O5/c1-3-22(4-2)21(25)20(17-11-6-5-7-12-17)28-19(24)15-14-16-10-8-9-13-18(16)23(26)27/h5-15,20H,3-4H2,1-2H3/b15-14+/t20-/m1/s1. The number of esters is 1. The number of nitro benzene ring substituents is 1. The van der Waals surface area contributed by atoms with Crippen LogP contribution in [0.1, 0.15) is 31.1 Å². The lowest BCUT2D eigenvalue weighted by Crippen LogP contribution is -2.36. The van der Waals surface area contributed by atoms with Gasteiger partial charge in [-0.15, -0.1) is 0 Å². The predicted molar refractivity (Wildman–Crippen MR) is 105 cm³/mol. The van der Waals surface area contributed by atoms with Gasteiger partial charge in [-0.1, -0.05) is 42.5 Å². The Hall–Kier alpha value is -3.48. The van der Waals surface area contributed by atoms with Crippen molar-refractivity contribution < 1.29 is 19.2 Å². The molecule has 0 radical (unpaired) electrons. The van der Waals surface area contributed by atoms with Crippen molar-refractivity contribution in [1.82, 2.24) is 4.90 Å². The highest BCUT2D eigenvalue weighted by atomic mass is 16.6. The number of nitrogens with zero attached hydrogens (tertiary/aromatic N) is 2. The summed E-state index contributed by atoms with van der Waals surface area (Å²) in [4.78, 5) is 37.2. The predicted octanol–water partition coefficient (Wildman–Crippen LogP) is 3.76. The van der Waals surface area contributed by atoms with Crippen molar-refractivity contribution in [3.63, 3.8) is 0 Å². The minimum absolute atomic E-state index is 0.120. The van der Waals surface area contributed by atoms with E-state index in [0.29, 0.717) is 18.7 Å². The van der Waals surface area contributed by atoms with Gasteiger partial charge in [0, 0.05) is 30.8 Å². The van der Waals surface area contributed by atoms with Crippen molar-refractivity contribution in [3.05, 3.63) is 81.9 Å². The molecule has 146 valence electrons. The number of likely N-dealkylation sites (N-methyl/N-ethyl adjacent to an activating group) is 1. The molecule has 1 amide bonds. The van der Waals surface area contributed by atoms with Gasteiger partial charge in [0.05, 0.1) is 10.5 Å². The van der Waals surface area contributed by atoms with Gasteiger partial charge < -0.3 is 9.64 Å². The van der Waals surface area contributed by atoms with Crippen molar-refractivity contribution in [2.45, 2.75) is 20.0 Å². The van der Waals surface area contributed by atoms with Gasteiger partial charge in [-0.2, -0.15) is 0 Å². The molecule has 0 spiro atoms. The summed E-state index contributed by atoms with van der Waals surface area (Å²) in [6.07, 6.45) is 1.32. The number of amides is 1. The zero-order valence-electron chi connectivity index (χ0n) is 15.8. The summed E-state index contributed by atoms with van der Waals surface area (Å²) in [6, 6.07) is 14.8. The molecule has 2 aromatic carbocycles. The highest BCUT2D eigenvalue weighted by Gasteiger charge is 2.27. The number of nitro groups is 1. The number of hydrogen-bond donors (Lipinski definition) is 0. The maximum absolute atomic E-state index is 12.8. The molecule has 0 unspecified atom stereocenters. The normalized spacial score (nSPS) is 11.8. The third kappa shape index (κ3) is 5.26. The molecule has 0 saturated heterocycles. The Labute approximate surface area is 163 Å². The van der Waals surface area contributed by atoms with Crippen LogP contribution in [-0.2, 0) is 14.3 Å². The van der Waals surface area contributed by atoms with E-state index < -0.39 is 17.0 Å². The van der Waals surface area contributed by atoms with E-state index in [4.69, 9.17) is 4.74 Å². The second-order valence-corrected chi connectivity index (χ2v) is 5.89. The van der Waals surface area contributed by atoms with Crippen molar-refractivity contribution in [2.24, 2.45) is 0 Å². The van der Waals surface area contributed by atoms with Gasteiger partial charge in [-0.3, -0.25) is 14.9 Å². The summed E-state index contributed by atoms with van der Waals surface area (Å²) in [5.74, 6) is -1.07. The zero-order valence-corrected chi connectivity index (χ0v) is 15.8. The monoisotopic (exact) mass is 382 g/mol. The summed E-state index contributed by atoms with van der Waals surface area (Å²) in [5.41, 5.74) is 0.716. The van der Waals surface area contributed by atoms with Crippen LogP contribution in [0.4, 0.5) is 5.69 Å². The van der Waals surface area contributed by atoms with Gasteiger partial charge in [0.15, 0.2) is 0 Å². The quantitative estimate of drug-likeness (QED) is 0.300. The van der Waals surface area contributed by atoms with E-state index in [-0.39, 0.29) is 17.2 Å². The highest BCUT2D eigenvalue weighted by Crippen LogP contribution is 2.22. The van der Waals surface area contributed by atoms with Crippen LogP contribution in [0.5, 0.6) is 0 Å². The number of benzene rings is 2. The Morgan fingerprint density at radius 1 is 1.07 bits per heavy atom. The summed E-state index contributed by atoms with van der Waals surface area (Å²) in [7, 11) is 0. The Balaban J connectivity index is 2.23. The van der Waals surface area contributed by atoms with Gasteiger partial charge in [0.1, 0.15) is 0 Å². The van der Waals surface area contributed by atoms with E-state index in [2.05, 4.69) is 0 Å². The van der Waals surface area contributed by atoms with Gasteiger partial charge >= 0.3 is 5.97 Å². The molecule has 0 heterocycles. The lowest BCUT2D eigenvalue weighted by atomic mass is 10.1. The first kappa shape index (κ1) is 20.8. The summed E-state index contributed by atoms with van der Waals surface area (Å²) >= 11 is 0. The molecule has 7 heteroatoms. The largest absolute Gasteiger partial charge is 0.444 e. The smallest absolute Gasteiger partial charge is 0.331 e. The first-order chi connectivity index (χ1) is 13.5. The fraction of sp³-hybridized carbons (Fsp3) is 0.238. The van der Waals surface area contributed by atoms with Crippen molar-refractivity contribution in [3.8, 4) is 0 Å². The van der Waals surface area contributed by atoms with Crippen molar-refractivity contribution in [2.75, 3.05) is 13.1 Å². The Bertz CT molecular complexity index is 860. The molecule has 28 heavy (non-hydrogen) atoms. The maximum Gasteiger partial charge on any atom is 0.331 e. The van der Waals surface area contributed by atoms with Crippen LogP contribution in [0, 0.1) is 10.1 Å². The molecule has 0 aliphatic carbocycles. The molecule has 0 bridgehead atoms. The molecule has 1 atom stereocenters. The number of hydrogen-bond acceptors (Lipinski definition) is 5. The van der Waals surface area contributed by atoms with Crippen LogP contribution < -0.4 is 0 Å². The Morgan fingerprint density at radius 2 is 1.68 bits per heavy atom. The van der Waals surface area contributed by atoms with Gasteiger partial charge in [-0.05, 0) is 26.0 Å². The van der Waals surface area contributed by atoms with E-state index in [9.17, 15) is 19.7 Å². The van der Waals surface area contributed by atoms with Crippen molar-refractivity contribution in [1.29, 1.82) is 0 Å². The second kappa shape index (κ2) is 10.0. The molecule has 0 saturated carbocycles. The maximum atomic E-state index is 12.8. The highest BCUT2D eigenvalue weighted by molar-refractivity contribution is 5.91. The van der Waals surface area contributed by atoms with E-state index in [1.54, 1.807) is 47.4 Å². The van der Waals surface area contributed by atoms with Gasteiger partial charge in [0.25, 0.3) is 11.6 Å². The third-order valence-corrected chi connectivity index (χ3v) is 4.17. The van der Waals surface area contributed by atoms with E-state index in [1.807, 2.05) is 13.8 Å². The fourth-order valence-electron chi connectivity index (χ4n) is 2.70. The Morgan fingerprint density at radius 3 is 2.29 bits per heavy atom. The number of carbonyl (C=O) groups excluding carboxylic acids is 2. The van der Waals surface area contributed by atoms with Crippen LogP contribution >= 0.6 is 0 Å². The number of para-hydroxylation sites is 1. The average molecular weight is 382 g/mol. The van der Waals surface area contributed by atoms with E-state index >= 15 is 0 Å². The van der Waals surface area contributed by atoms with Crippen LogP contribution in [0.15, 0.2) is 60.7 Å². The summed E-state index contributed by atoms with van der Waals surface area (Å²) in [6.45, 7) is 4.67. The van der Waals surface area contributed by atoms with Crippen LogP contribution in [0.3, 0.4) is 0 Å². The molecular weight excluding hydrogens is 360 g/mol. The molecular formula is C21H22N2O5. The van der Waals surface area contributed by atoms with Crippen LogP contribution in [0.2, 0.25) is 0 Å². The number of carbonyl (C=O) groups is 2. The zero-order chi connectivity index (χ0) is 20.5. The fourth-order valence-corrected chi connectivity index (χ4v) is 2.70. The molecule has 0 aromatic heterocycles. The number of rotatable bonds is 8.